The second-order valence-electron chi connectivity index (χ2n) is 4.33. The zero-order valence-corrected chi connectivity index (χ0v) is 12.1. The average molecular weight is 278 g/mol. The number of benzene rings is 1. The lowest BCUT2D eigenvalue weighted by atomic mass is 10.1. The van der Waals surface area contributed by atoms with Crippen LogP contribution in [-0.4, -0.2) is 38.4 Å². The minimum Gasteiger partial charge on any atom is -0.494 e. The van der Waals surface area contributed by atoms with Crippen molar-refractivity contribution in [3.8, 4) is 5.75 Å². The molecule has 1 amide bonds. The van der Waals surface area contributed by atoms with Crippen LogP contribution in [0.1, 0.15) is 30.1 Å². The molecule has 0 saturated heterocycles. The normalized spacial score (nSPS) is 10.1. The summed E-state index contributed by atoms with van der Waals surface area (Å²) in [7, 11) is 1.82. The van der Waals surface area contributed by atoms with Gasteiger partial charge in [0.1, 0.15) is 5.75 Å². The minimum atomic E-state index is -0.0977. The average Bonchev–Trinajstić information content (AvgIpc) is 2.46. The summed E-state index contributed by atoms with van der Waals surface area (Å²) in [5.41, 5.74) is 0.608. The number of carbonyl (C=O) groups is 2. The third kappa shape index (κ3) is 5.84. The van der Waals surface area contributed by atoms with Gasteiger partial charge in [-0.05, 0) is 38.2 Å². The topological polar surface area (TPSA) is 67.4 Å². The summed E-state index contributed by atoms with van der Waals surface area (Å²) >= 11 is 0. The van der Waals surface area contributed by atoms with Gasteiger partial charge in [0.05, 0.1) is 6.61 Å². The molecule has 0 aliphatic rings. The van der Waals surface area contributed by atoms with Crippen molar-refractivity contribution < 1.29 is 14.3 Å². The number of ketones is 1. The Hall–Kier alpha value is -1.88. The summed E-state index contributed by atoms with van der Waals surface area (Å²) in [6.07, 6.45) is 0.440. The van der Waals surface area contributed by atoms with E-state index in [1.807, 2.05) is 14.0 Å². The molecule has 0 heterocycles. The van der Waals surface area contributed by atoms with Gasteiger partial charge in [-0.3, -0.25) is 9.59 Å². The van der Waals surface area contributed by atoms with Crippen molar-refractivity contribution in [2.75, 3.05) is 26.7 Å². The molecule has 0 spiro atoms. The summed E-state index contributed by atoms with van der Waals surface area (Å²) in [6.45, 7) is 3.80. The monoisotopic (exact) mass is 278 g/mol. The first kappa shape index (κ1) is 16.2. The molecule has 2 N–H and O–H groups in total. The largest absolute Gasteiger partial charge is 0.494 e. The van der Waals surface area contributed by atoms with Crippen molar-refractivity contribution in [3.63, 3.8) is 0 Å². The molecular formula is C15H22N2O3. The fraction of sp³-hybridized carbons (Fsp3) is 0.467. The van der Waals surface area contributed by atoms with E-state index in [0.717, 1.165) is 12.3 Å². The maximum Gasteiger partial charge on any atom is 0.220 e. The molecule has 0 fully saturated rings. The van der Waals surface area contributed by atoms with Crippen LogP contribution in [0.4, 0.5) is 0 Å². The Morgan fingerprint density at radius 1 is 1.10 bits per heavy atom. The van der Waals surface area contributed by atoms with E-state index < -0.39 is 0 Å². The fourth-order valence-electron chi connectivity index (χ4n) is 1.69. The fourth-order valence-corrected chi connectivity index (χ4v) is 1.69. The number of amides is 1. The Labute approximate surface area is 119 Å². The van der Waals surface area contributed by atoms with Crippen LogP contribution < -0.4 is 15.4 Å². The molecule has 1 rings (SSSR count). The van der Waals surface area contributed by atoms with Crippen LogP contribution in [0.15, 0.2) is 24.3 Å². The summed E-state index contributed by atoms with van der Waals surface area (Å²) in [5, 5.41) is 5.68. The third-order valence-corrected chi connectivity index (χ3v) is 2.76. The van der Waals surface area contributed by atoms with Crippen LogP contribution in [0.25, 0.3) is 0 Å². The van der Waals surface area contributed by atoms with Crippen molar-refractivity contribution in [2.45, 2.75) is 19.8 Å². The van der Waals surface area contributed by atoms with Crippen molar-refractivity contribution in [1.29, 1.82) is 0 Å². The van der Waals surface area contributed by atoms with Crippen LogP contribution in [0.3, 0.4) is 0 Å². The molecule has 0 radical (unpaired) electrons. The van der Waals surface area contributed by atoms with Gasteiger partial charge in [-0.25, -0.2) is 0 Å². The molecule has 0 aliphatic heterocycles. The van der Waals surface area contributed by atoms with E-state index in [2.05, 4.69) is 10.6 Å². The van der Waals surface area contributed by atoms with E-state index in [4.69, 9.17) is 4.74 Å². The van der Waals surface area contributed by atoms with Crippen molar-refractivity contribution >= 4 is 11.7 Å². The number of hydrogen-bond acceptors (Lipinski definition) is 4. The summed E-state index contributed by atoms with van der Waals surface area (Å²) in [5.74, 6) is 0.616. The van der Waals surface area contributed by atoms with Gasteiger partial charge in [0.25, 0.3) is 0 Å². The first-order valence-corrected chi connectivity index (χ1v) is 6.84. The predicted octanol–water partition coefficient (Wildman–Crippen LogP) is 1.38. The summed E-state index contributed by atoms with van der Waals surface area (Å²) < 4.78 is 5.31. The molecule has 0 aliphatic carbocycles. The highest BCUT2D eigenvalue weighted by atomic mass is 16.5. The molecule has 1 aromatic rings. The van der Waals surface area contributed by atoms with Crippen LogP contribution in [0.2, 0.25) is 0 Å². The molecule has 20 heavy (non-hydrogen) atoms. The molecule has 0 bridgehead atoms. The first-order valence-electron chi connectivity index (χ1n) is 6.84. The number of likely N-dealkylation sites (N-methyl/N-ethyl adjacent to an activating group) is 1. The van der Waals surface area contributed by atoms with E-state index >= 15 is 0 Å². The molecule has 5 nitrogen and oxygen atoms in total. The van der Waals surface area contributed by atoms with E-state index in [1.165, 1.54) is 0 Å². The van der Waals surface area contributed by atoms with Crippen molar-refractivity contribution in [2.24, 2.45) is 0 Å². The number of rotatable bonds is 9. The number of hydrogen-bond donors (Lipinski definition) is 2. The number of carbonyl (C=O) groups excluding carboxylic acids is 2. The molecule has 0 aromatic heterocycles. The molecule has 5 heteroatoms. The van der Waals surface area contributed by atoms with Gasteiger partial charge in [0.2, 0.25) is 5.91 Å². The summed E-state index contributed by atoms with van der Waals surface area (Å²) in [6, 6.07) is 6.99. The Bertz CT molecular complexity index is 429. The molecule has 1 aromatic carbocycles. The minimum absolute atomic E-state index is 0.0307. The lowest BCUT2D eigenvalue weighted by Crippen LogP contribution is -2.30. The second kappa shape index (κ2) is 9.09. The van der Waals surface area contributed by atoms with Gasteiger partial charge < -0.3 is 15.4 Å². The highest BCUT2D eigenvalue weighted by molar-refractivity contribution is 5.98. The first-order chi connectivity index (χ1) is 9.67. The highest BCUT2D eigenvalue weighted by Crippen LogP contribution is 2.13. The van der Waals surface area contributed by atoms with E-state index in [-0.39, 0.29) is 24.5 Å². The van der Waals surface area contributed by atoms with Crippen molar-refractivity contribution in [3.05, 3.63) is 29.8 Å². The van der Waals surface area contributed by atoms with Crippen LogP contribution in [0.5, 0.6) is 5.75 Å². The molecular weight excluding hydrogens is 256 g/mol. The van der Waals surface area contributed by atoms with E-state index in [0.29, 0.717) is 18.7 Å². The smallest absolute Gasteiger partial charge is 0.220 e. The maximum absolute atomic E-state index is 11.9. The van der Waals surface area contributed by atoms with Gasteiger partial charge in [-0.2, -0.15) is 0 Å². The van der Waals surface area contributed by atoms with Crippen molar-refractivity contribution in [1.82, 2.24) is 10.6 Å². The Kier molecular flexibility index (Phi) is 7.35. The standard InChI is InChI=1S/C15H22N2O3/c1-3-20-13-6-4-12(5-7-13)14(18)8-9-15(19)17-11-10-16-2/h4-7,16H,3,8-11H2,1-2H3,(H,17,19). The van der Waals surface area contributed by atoms with Gasteiger partial charge in [-0.15, -0.1) is 0 Å². The number of ether oxygens (including phenoxy) is 1. The SMILES string of the molecule is CCOc1ccc(C(=O)CCC(=O)NCCNC)cc1. The zero-order valence-electron chi connectivity index (χ0n) is 12.1. The Morgan fingerprint density at radius 2 is 1.80 bits per heavy atom. The Morgan fingerprint density at radius 3 is 2.40 bits per heavy atom. The van der Waals surface area contributed by atoms with Crippen LogP contribution in [-0.2, 0) is 4.79 Å². The number of nitrogens with one attached hydrogen (secondary N) is 2. The second-order valence-corrected chi connectivity index (χ2v) is 4.33. The summed E-state index contributed by atoms with van der Waals surface area (Å²) in [4.78, 5) is 23.4. The zero-order chi connectivity index (χ0) is 14.8. The maximum atomic E-state index is 11.9. The van der Waals surface area contributed by atoms with Crippen LogP contribution >= 0.6 is 0 Å². The van der Waals surface area contributed by atoms with Gasteiger partial charge in [0.15, 0.2) is 5.78 Å². The quantitative estimate of drug-likeness (QED) is 0.529. The van der Waals surface area contributed by atoms with Crippen LogP contribution in [0, 0.1) is 0 Å². The highest BCUT2D eigenvalue weighted by Gasteiger charge is 2.09. The van der Waals surface area contributed by atoms with E-state index in [1.54, 1.807) is 24.3 Å². The third-order valence-electron chi connectivity index (χ3n) is 2.76. The molecule has 0 saturated carbocycles. The molecule has 0 unspecified atom stereocenters. The lowest BCUT2D eigenvalue weighted by Gasteiger charge is -2.06. The molecule has 0 atom stereocenters. The number of Topliss-reactive ketones (excluding diaryl/α,β-unsaturated/α-hetero) is 1. The lowest BCUT2D eigenvalue weighted by molar-refractivity contribution is -0.121. The van der Waals surface area contributed by atoms with E-state index in [9.17, 15) is 9.59 Å². The van der Waals surface area contributed by atoms with Gasteiger partial charge >= 0.3 is 0 Å². The molecule has 110 valence electrons. The predicted molar refractivity (Wildman–Crippen MR) is 78.1 cm³/mol. The van der Waals surface area contributed by atoms with Gasteiger partial charge in [0, 0.05) is 31.5 Å². The Balaban J connectivity index is 2.36. The van der Waals surface area contributed by atoms with Gasteiger partial charge in [-0.1, -0.05) is 0 Å².